The van der Waals surface area contributed by atoms with E-state index < -0.39 is 0 Å². The van der Waals surface area contributed by atoms with Crippen LogP contribution in [0.2, 0.25) is 5.02 Å². The summed E-state index contributed by atoms with van der Waals surface area (Å²) in [6.45, 7) is 5.90. The minimum absolute atomic E-state index is 0.343. The van der Waals surface area contributed by atoms with Crippen LogP contribution in [0.5, 0.6) is 5.75 Å². The SMILES string of the molecule is COc1c(C)cc(Cl)c(C2CC(CN)CN2C)c1C. The fourth-order valence-electron chi connectivity index (χ4n) is 3.27. The maximum absolute atomic E-state index is 6.49. The van der Waals surface area contributed by atoms with Gasteiger partial charge < -0.3 is 10.5 Å². The zero-order valence-electron chi connectivity index (χ0n) is 12.2. The molecule has 0 radical (unpaired) electrons. The number of nitrogens with two attached hydrogens (primary N) is 1. The first-order valence-electron chi connectivity index (χ1n) is 6.73. The highest BCUT2D eigenvalue weighted by Crippen LogP contribution is 2.42. The lowest BCUT2D eigenvalue weighted by atomic mass is 9.94. The molecule has 1 heterocycles. The van der Waals surface area contributed by atoms with Gasteiger partial charge in [0, 0.05) is 17.6 Å². The number of hydrogen-bond acceptors (Lipinski definition) is 3. The van der Waals surface area contributed by atoms with Crippen LogP contribution in [0.15, 0.2) is 6.07 Å². The Morgan fingerprint density at radius 3 is 2.68 bits per heavy atom. The number of halogens is 1. The van der Waals surface area contributed by atoms with Crippen LogP contribution >= 0.6 is 11.6 Å². The van der Waals surface area contributed by atoms with E-state index in [4.69, 9.17) is 22.1 Å². The van der Waals surface area contributed by atoms with E-state index in [1.54, 1.807) is 7.11 Å². The summed E-state index contributed by atoms with van der Waals surface area (Å²) in [5.41, 5.74) is 9.25. The normalized spacial score (nSPS) is 23.9. The highest BCUT2D eigenvalue weighted by atomic mass is 35.5. The number of hydrogen-bond donors (Lipinski definition) is 1. The second-order valence-corrected chi connectivity index (χ2v) is 5.95. The molecule has 1 aromatic rings. The molecule has 0 aliphatic carbocycles. The minimum Gasteiger partial charge on any atom is -0.496 e. The Bertz CT molecular complexity index is 476. The number of aryl methyl sites for hydroxylation is 1. The van der Waals surface area contributed by atoms with Gasteiger partial charge in [-0.15, -0.1) is 0 Å². The third-order valence-electron chi connectivity index (χ3n) is 4.21. The van der Waals surface area contributed by atoms with Crippen LogP contribution < -0.4 is 10.5 Å². The lowest BCUT2D eigenvalue weighted by molar-refractivity contribution is 0.311. The molecule has 2 atom stereocenters. The summed E-state index contributed by atoms with van der Waals surface area (Å²) in [7, 11) is 3.86. The average molecular weight is 283 g/mol. The van der Waals surface area contributed by atoms with Crippen molar-refractivity contribution in [3.8, 4) is 5.75 Å². The van der Waals surface area contributed by atoms with E-state index in [-0.39, 0.29) is 0 Å². The molecule has 1 aliphatic heterocycles. The molecule has 2 rings (SSSR count). The first kappa shape index (κ1) is 14.6. The van der Waals surface area contributed by atoms with Gasteiger partial charge in [0.2, 0.25) is 0 Å². The summed E-state index contributed by atoms with van der Waals surface area (Å²) in [5.74, 6) is 1.50. The smallest absolute Gasteiger partial charge is 0.125 e. The lowest BCUT2D eigenvalue weighted by Gasteiger charge is -2.24. The molecule has 19 heavy (non-hydrogen) atoms. The maximum Gasteiger partial charge on any atom is 0.125 e. The Balaban J connectivity index is 2.45. The molecule has 0 saturated carbocycles. The van der Waals surface area contributed by atoms with E-state index in [9.17, 15) is 0 Å². The zero-order chi connectivity index (χ0) is 14.2. The molecule has 2 N–H and O–H groups in total. The van der Waals surface area contributed by atoms with Gasteiger partial charge >= 0.3 is 0 Å². The van der Waals surface area contributed by atoms with Crippen LogP contribution in [0.3, 0.4) is 0 Å². The molecule has 0 bridgehead atoms. The van der Waals surface area contributed by atoms with Crippen molar-refractivity contribution in [2.75, 3.05) is 27.2 Å². The molecule has 2 unspecified atom stereocenters. The predicted octanol–water partition coefficient (Wildman–Crippen LogP) is 2.92. The van der Waals surface area contributed by atoms with Crippen molar-refractivity contribution in [1.29, 1.82) is 0 Å². The summed E-state index contributed by atoms with van der Waals surface area (Å²) in [6, 6.07) is 2.35. The second-order valence-electron chi connectivity index (χ2n) is 5.54. The molecule has 3 nitrogen and oxygen atoms in total. The summed E-state index contributed by atoms with van der Waals surface area (Å²) < 4.78 is 5.52. The van der Waals surface area contributed by atoms with E-state index in [0.717, 1.165) is 41.4 Å². The van der Waals surface area contributed by atoms with Gasteiger partial charge in [-0.1, -0.05) is 11.6 Å². The van der Waals surface area contributed by atoms with Crippen LogP contribution in [0, 0.1) is 19.8 Å². The van der Waals surface area contributed by atoms with Crippen molar-refractivity contribution in [3.63, 3.8) is 0 Å². The molecule has 0 spiro atoms. The number of benzene rings is 1. The van der Waals surface area contributed by atoms with Crippen LogP contribution in [0.1, 0.15) is 29.2 Å². The topological polar surface area (TPSA) is 38.5 Å². The van der Waals surface area contributed by atoms with E-state index in [1.807, 2.05) is 13.0 Å². The van der Waals surface area contributed by atoms with Crippen LogP contribution in [-0.2, 0) is 0 Å². The number of ether oxygens (including phenoxy) is 1. The summed E-state index contributed by atoms with van der Waals surface area (Å²) in [4.78, 5) is 2.35. The van der Waals surface area contributed by atoms with Crippen molar-refractivity contribution >= 4 is 11.6 Å². The number of likely N-dealkylation sites (tertiary alicyclic amines) is 1. The summed E-state index contributed by atoms with van der Waals surface area (Å²) in [6.07, 6.45) is 1.07. The van der Waals surface area contributed by atoms with E-state index >= 15 is 0 Å². The first-order valence-corrected chi connectivity index (χ1v) is 7.11. The molecular weight excluding hydrogens is 260 g/mol. The van der Waals surface area contributed by atoms with Crippen molar-refractivity contribution in [1.82, 2.24) is 4.90 Å². The van der Waals surface area contributed by atoms with Gasteiger partial charge in [0.25, 0.3) is 0 Å². The highest BCUT2D eigenvalue weighted by molar-refractivity contribution is 6.31. The quantitative estimate of drug-likeness (QED) is 0.926. The van der Waals surface area contributed by atoms with E-state index in [0.29, 0.717) is 12.0 Å². The summed E-state index contributed by atoms with van der Waals surface area (Å²) >= 11 is 6.49. The number of nitrogens with zero attached hydrogens (tertiary/aromatic N) is 1. The molecule has 1 aliphatic rings. The van der Waals surface area contributed by atoms with Crippen molar-refractivity contribution in [3.05, 3.63) is 27.8 Å². The van der Waals surface area contributed by atoms with Crippen molar-refractivity contribution in [2.24, 2.45) is 11.7 Å². The molecule has 1 saturated heterocycles. The molecule has 0 amide bonds. The predicted molar refractivity (Wildman–Crippen MR) is 80.0 cm³/mol. The van der Waals surface area contributed by atoms with Gasteiger partial charge in [-0.2, -0.15) is 0 Å². The molecule has 1 fully saturated rings. The molecule has 1 aromatic carbocycles. The fourth-order valence-corrected chi connectivity index (χ4v) is 3.70. The van der Waals surface area contributed by atoms with Crippen LogP contribution in [-0.4, -0.2) is 32.1 Å². The van der Waals surface area contributed by atoms with Gasteiger partial charge in [-0.05, 0) is 62.5 Å². The highest BCUT2D eigenvalue weighted by Gasteiger charge is 2.32. The number of methoxy groups -OCH3 is 1. The average Bonchev–Trinajstić information content (AvgIpc) is 2.71. The summed E-state index contributed by atoms with van der Waals surface area (Å²) in [5, 5.41) is 0.838. The Labute approximate surface area is 120 Å². The Kier molecular flexibility index (Phi) is 4.39. The third kappa shape index (κ3) is 2.60. The van der Waals surface area contributed by atoms with Crippen LogP contribution in [0.4, 0.5) is 0 Å². The zero-order valence-corrected chi connectivity index (χ0v) is 12.9. The van der Waals surface area contributed by atoms with Gasteiger partial charge in [0.1, 0.15) is 5.75 Å². The molecular formula is C15H23ClN2O. The Morgan fingerprint density at radius 1 is 1.47 bits per heavy atom. The lowest BCUT2D eigenvalue weighted by Crippen LogP contribution is -2.21. The molecule has 106 valence electrons. The van der Waals surface area contributed by atoms with Gasteiger partial charge in [0.05, 0.1) is 7.11 Å². The van der Waals surface area contributed by atoms with Crippen molar-refractivity contribution in [2.45, 2.75) is 26.3 Å². The Morgan fingerprint density at radius 2 is 2.16 bits per heavy atom. The number of rotatable bonds is 3. The van der Waals surface area contributed by atoms with Gasteiger partial charge in [0.15, 0.2) is 0 Å². The minimum atomic E-state index is 0.343. The fraction of sp³-hybridized carbons (Fsp3) is 0.600. The standard InChI is InChI=1S/C15H23ClN2O/c1-9-5-12(16)14(10(2)15(9)19-4)13-6-11(7-17)8-18(13)3/h5,11,13H,6-8,17H2,1-4H3. The van der Waals surface area contributed by atoms with Crippen molar-refractivity contribution < 1.29 is 4.74 Å². The van der Waals surface area contributed by atoms with E-state index in [2.05, 4.69) is 18.9 Å². The Hall–Kier alpha value is -0.770. The second kappa shape index (κ2) is 5.70. The van der Waals surface area contributed by atoms with Crippen LogP contribution in [0.25, 0.3) is 0 Å². The first-order chi connectivity index (χ1) is 8.99. The molecule has 4 heteroatoms. The maximum atomic E-state index is 6.49. The monoisotopic (exact) mass is 282 g/mol. The third-order valence-corrected chi connectivity index (χ3v) is 4.52. The largest absolute Gasteiger partial charge is 0.496 e. The van der Waals surface area contributed by atoms with E-state index in [1.165, 1.54) is 5.56 Å². The molecule has 0 aromatic heterocycles. The van der Waals surface area contributed by atoms with Gasteiger partial charge in [-0.3, -0.25) is 4.90 Å². The van der Waals surface area contributed by atoms with Gasteiger partial charge in [-0.25, -0.2) is 0 Å².